The summed E-state index contributed by atoms with van der Waals surface area (Å²) in [6.07, 6.45) is 0.864. The van der Waals surface area contributed by atoms with E-state index in [4.69, 9.17) is 16.3 Å². The summed E-state index contributed by atoms with van der Waals surface area (Å²) in [4.78, 5) is 24.1. The molecule has 0 aliphatic rings. The molecule has 2 rings (SSSR count). The molecule has 0 saturated carbocycles. The Morgan fingerprint density at radius 1 is 1.12 bits per heavy atom. The molecule has 0 fully saturated rings. The maximum Gasteiger partial charge on any atom is 0.251 e. The van der Waals surface area contributed by atoms with E-state index < -0.39 is 0 Å². The van der Waals surface area contributed by atoms with Gasteiger partial charge in [-0.25, -0.2) is 0 Å². The number of hydrogen-bond acceptors (Lipinski definition) is 4. The van der Waals surface area contributed by atoms with Crippen LogP contribution in [0.4, 0.5) is 11.4 Å². The highest BCUT2D eigenvalue weighted by molar-refractivity contribution is 6.32. The lowest BCUT2D eigenvalue weighted by Crippen LogP contribution is -2.24. The maximum absolute atomic E-state index is 12.1. The average Bonchev–Trinajstić information content (AvgIpc) is 2.64. The number of ether oxygens (including phenoxy) is 1. The minimum atomic E-state index is -0.233. The zero-order valence-corrected chi connectivity index (χ0v) is 15.5. The van der Waals surface area contributed by atoms with Gasteiger partial charge in [-0.15, -0.1) is 0 Å². The van der Waals surface area contributed by atoms with Crippen LogP contribution in [-0.2, 0) is 4.79 Å². The molecule has 0 unspecified atom stereocenters. The van der Waals surface area contributed by atoms with Crippen LogP contribution in [0, 0.1) is 0 Å². The molecule has 0 aromatic heterocycles. The van der Waals surface area contributed by atoms with Gasteiger partial charge < -0.3 is 20.7 Å². The van der Waals surface area contributed by atoms with Gasteiger partial charge in [-0.2, -0.15) is 0 Å². The Hall–Kier alpha value is -2.73. The van der Waals surface area contributed by atoms with Gasteiger partial charge in [-0.1, -0.05) is 24.6 Å². The molecule has 0 heterocycles. The van der Waals surface area contributed by atoms with Gasteiger partial charge in [0.25, 0.3) is 5.91 Å². The van der Waals surface area contributed by atoms with Crippen LogP contribution in [0.3, 0.4) is 0 Å². The fourth-order valence-corrected chi connectivity index (χ4v) is 2.50. The Morgan fingerprint density at radius 2 is 1.92 bits per heavy atom. The van der Waals surface area contributed by atoms with E-state index in [1.807, 2.05) is 6.92 Å². The standard InChI is InChI=1S/C19H22ClN3O3/c1-3-9-21-19(25)13-5-4-6-15(10-13)23-18(24)12-22-14-7-8-17(26-2)16(20)11-14/h4-8,10-11,22H,3,9,12H2,1-2H3,(H,21,25)(H,23,24). The van der Waals surface area contributed by atoms with Gasteiger partial charge in [0.15, 0.2) is 0 Å². The van der Waals surface area contributed by atoms with E-state index >= 15 is 0 Å². The molecule has 0 bridgehead atoms. The number of benzene rings is 2. The SMILES string of the molecule is CCCNC(=O)c1cccc(NC(=O)CNc2ccc(OC)c(Cl)c2)c1. The van der Waals surface area contributed by atoms with E-state index in [1.54, 1.807) is 49.6 Å². The second kappa shape index (κ2) is 9.68. The highest BCUT2D eigenvalue weighted by Gasteiger charge is 2.08. The van der Waals surface area contributed by atoms with Crippen molar-refractivity contribution >= 4 is 34.8 Å². The number of carbonyl (C=O) groups is 2. The Balaban J connectivity index is 1.91. The molecular weight excluding hydrogens is 354 g/mol. The molecule has 2 aromatic rings. The van der Waals surface area contributed by atoms with Crippen molar-refractivity contribution in [2.24, 2.45) is 0 Å². The highest BCUT2D eigenvalue weighted by atomic mass is 35.5. The zero-order valence-electron chi connectivity index (χ0n) is 14.8. The third-order valence-corrected chi connectivity index (χ3v) is 3.84. The van der Waals surface area contributed by atoms with Crippen molar-refractivity contribution in [2.45, 2.75) is 13.3 Å². The lowest BCUT2D eigenvalue weighted by atomic mass is 10.2. The van der Waals surface area contributed by atoms with Crippen molar-refractivity contribution in [1.29, 1.82) is 0 Å². The molecule has 2 aromatic carbocycles. The quantitative estimate of drug-likeness (QED) is 0.659. The molecule has 0 atom stereocenters. The van der Waals surface area contributed by atoms with Crippen LogP contribution < -0.4 is 20.7 Å². The van der Waals surface area contributed by atoms with E-state index in [2.05, 4.69) is 16.0 Å². The molecule has 0 aliphatic carbocycles. The third kappa shape index (κ3) is 5.67. The minimum absolute atomic E-state index is 0.0644. The summed E-state index contributed by atoms with van der Waals surface area (Å²) in [6.45, 7) is 2.67. The number of hydrogen-bond donors (Lipinski definition) is 3. The van der Waals surface area contributed by atoms with Crippen molar-refractivity contribution in [2.75, 3.05) is 30.8 Å². The monoisotopic (exact) mass is 375 g/mol. The normalized spacial score (nSPS) is 10.1. The van der Waals surface area contributed by atoms with Crippen molar-refractivity contribution in [3.05, 3.63) is 53.1 Å². The lowest BCUT2D eigenvalue weighted by molar-refractivity contribution is -0.114. The molecule has 0 radical (unpaired) electrons. The summed E-state index contributed by atoms with van der Waals surface area (Å²) in [5, 5.41) is 9.02. The van der Waals surface area contributed by atoms with Gasteiger partial charge in [0.1, 0.15) is 5.75 Å². The van der Waals surface area contributed by atoms with Crippen LogP contribution >= 0.6 is 11.6 Å². The van der Waals surface area contributed by atoms with Crippen LogP contribution in [0.5, 0.6) is 5.75 Å². The first-order valence-electron chi connectivity index (χ1n) is 8.29. The second-order valence-electron chi connectivity index (χ2n) is 5.59. The van der Waals surface area contributed by atoms with Crippen LogP contribution in [0.2, 0.25) is 5.02 Å². The maximum atomic E-state index is 12.1. The number of amides is 2. The summed E-state index contributed by atoms with van der Waals surface area (Å²) >= 11 is 6.05. The molecule has 0 saturated heterocycles. The summed E-state index contributed by atoms with van der Waals surface area (Å²) in [5.41, 5.74) is 1.78. The Bertz CT molecular complexity index is 780. The zero-order chi connectivity index (χ0) is 18.9. The van der Waals surface area contributed by atoms with Gasteiger partial charge in [0.2, 0.25) is 5.91 Å². The largest absolute Gasteiger partial charge is 0.495 e. The number of methoxy groups -OCH3 is 1. The first-order chi connectivity index (χ1) is 12.5. The molecule has 6 nitrogen and oxygen atoms in total. The molecule has 0 aliphatic heterocycles. The van der Waals surface area contributed by atoms with E-state index in [0.717, 1.165) is 6.42 Å². The van der Waals surface area contributed by atoms with Gasteiger partial charge in [0, 0.05) is 23.5 Å². The summed E-state index contributed by atoms with van der Waals surface area (Å²) in [7, 11) is 1.54. The van der Waals surface area contributed by atoms with Crippen LogP contribution in [0.25, 0.3) is 0 Å². The number of carbonyl (C=O) groups excluding carboxylic acids is 2. The predicted octanol–water partition coefficient (Wildman–Crippen LogP) is 3.54. The highest BCUT2D eigenvalue weighted by Crippen LogP contribution is 2.27. The number of rotatable bonds is 8. The van der Waals surface area contributed by atoms with E-state index in [9.17, 15) is 9.59 Å². The lowest BCUT2D eigenvalue weighted by Gasteiger charge is -2.10. The average molecular weight is 376 g/mol. The first kappa shape index (κ1) is 19.6. The summed E-state index contributed by atoms with van der Waals surface area (Å²) < 4.78 is 5.09. The summed E-state index contributed by atoms with van der Waals surface area (Å²) in [6, 6.07) is 12.0. The number of anilines is 2. The molecular formula is C19H22ClN3O3. The molecule has 3 N–H and O–H groups in total. The van der Waals surface area contributed by atoms with Gasteiger partial charge >= 0.3 is 0 Å². The van der Waals surface area contributed by atoms with E-state index in [-0.39, 0.29) is 18.4 Å². The van der Waals surface area contributed by atoms with E-state index in [0.29, 0.717) is 34.3 Å². The molecule has 7 heteroatoms. The number of halogens is 1. The van der Waals surface area contributed by atoms with Gasteiger partial charge in [-0.05, 0) is 42.8 Å². The summed E-state index contributed by atoms with van der Waals surface area (Å²) in [5.74, 6) is 0.178. The van der Waals surface area contributed by atoms with Crippen molar-refractivity contribution in [1.82, 2.24) is 5.32 Å². The first-order valence-corrected chi connectivity index (χ1v) is 8.66. The van der Waals surface area contributed by atoms with Gasteiger partial charge in [-0.3, -0.25) is 9.59 Å². The molecule has 26 heavy (non-hydrogen) atoms. The third-order valence-electron chi connectivity index (χ3n) is 3.55. The fraction of sp³-hybridized carbons (Fsp3) is 0.263. The second-order valence-corrected chi connectivity index (χ2v) is 5.99. The van der Waals surface area contributed by atoms with Gasteiger partial charge in [0.05, 0.1) is 18.7 Å². The van der Waals surface area contributed by atoms with Crippen LogP contribution in [0.15, 0.2) is 42.5 Å². The molecule has 2 amide bonds. The Morgan fingerprint density at radius 3 is 2.62 bits per heavy atom. The Labute approximate surface area is 157 Å². The topological polar surface area (TPSA) is 79.5 Å². The van der Waals surface area contributed by atoms with Crippen molar-refractivity contribution in [3.8, 4) is 5.75 Å². The predicted molar refractivity (Wildman–Crippen MR) is 104 cm³/mol. The number of nitrogens with one attached hydrogen (secondary N) is 3. The van der Waals surface area contributed by atoms with Crippen LogP contribution in [-0.4, -0.2) is 32.0 Å². The van der Waals surface area contributed by atoms with Crippen LogP contribution in [0.1, 0.15) is 23.7 Å². The molecule has 0 spiro atoms. The van der Waals surface area contributed by atoms with E-state index in [1.165, 1.54) is 0 Å². The molecule has 138 valence electrons. The van der Waals surface area contributed by atoms with Crippen molar-refractivity contribution < 1.29 is 14.3 Å². The fourth-order valence-electron chi connectivity index (χ4n) is 2.24. The van der Waals surface area contributed by atoms with Crippen molar-refractivity contribution in [3.63, 3.8) is 0 Å². The Kier molecular flexibility index (Phi) is 7.29. The smallest absolute Gasteiger partial charge is 0.251 e. The minimum Gasteiger partial charge on any atom is -0.495 e.